The van der Waals surface area contributed by atoms with Crippen molar-refractivity contribution < 1.29 is 0 Å². The van der Waals surface area contributed by atoms with Gasteiger partial charge in [0.05, 0.1) is 5.52 Å². The zero-order chi connectivity index (χ0) is 50.8. The van der Waals surface area contributed by atoms with Gasteiger partial charge in [0.25, 0.3) is 0 Å². The Morgan fingerprint density at radius 3 is 1.04 bits per heavy atom. The van der Waals surface area contributed by atoms with E-state index < -0.39 is 0 Å². The molecule has 3 heteroatoms. The fourth-order valence-electron chi connectivity index (χ4n) is 11.5. The average Bonchev–Trinajstić information content (AvgIpc) is 4.34. The summed E-state index contributed by atoms with van der Waals surface area (Å²) in [6, 6.07) is 103. The molecular weight excluding hydrogens is 967 g/mol. The van der Waals surface area contributed by atoms with Gasteiger partial charge in [0.15, 0.2) is 0 Å². The molecule has 0 amide bonds. The van der Waals surface area contributed by atoms with Crippen LogP contribution in [-0.4, -0.2) is 4.57 Å². The third-order valence-corrected chi connectivity index (χ3v) is 17.9. The average molecular weight is 1010 g/mol. The minimum absolute atomic E-state index is 1.12. The first kappa shape index (κ1) is 45.0. The topological polar surface area (TPSA) is 4.93 Å². The Kier molecular flexibility index (Phi) is 11.0. The van der Waals surface area contributed by atoms with Gasteiger partial charge in [-0.25, -0.2) is 0 Å². The highest BCUT2D eigenvalue weighted by atomic mass is 32.1. The molecule has 0 N–H and O–H groups in total. The summed E-state index contributed by atoms with van der Waals surface area (Å²) >= 11 is 3.78. The van der Waals surface area contributed by atoms with Gasteiger partial charge in [-0.05, 0) is 126 Å². The number of rotatable bonds is 9. The van der Waals surface area contributed by atoms with Gasteiger partial charge >= 0.3 is 0 Å². The van der Waals surface area contributed by atoms with E-state index in [0.717, 1.165) is 11.2 Å². The first-order valence-corrected chi connectivity index (χ1v) is 27.9. The van der Waals surface area contributed by atoms with Crippen molar-refractivity contribution in [2.24, 2.45) is 0 Å². The summed E-state index contributed by atoms with van der Waals surface area (Å²) in [5.41, 5.74) is 21.6. The lowest BCUT2D eigenvalue weighted by molar-refractivity contribution is 1.13. The molecule has 0 aliphatic carbocycles. The van der Waals surface area contributed by atoms with Crippen LogP contribution in [-0.2, 0) is 0 Å². The van der Waals surface area contributed by atoms with E-state index in [2.05, 4.69) is 290 Å². The van der Waals surface area contributed by atoms with Crippen LogP contribution in [0, 0.1) is 0 Å². The lowest BCUT2D eigenvalue weighted by atomic mass is 9.95. The molecule has 0 aliphatic rings. The maximum absolute atomic E-state index is 2.44. The minimum Gasteiger partial charge on any atom is -0.316 e. The van der Waals surface area contributed by atoms with Gasteiger partial charge in [-0.2, -0.15) is 0 Å². The van der Waals surface area contributed by atoms with Crippen molar-refractivity contribution in [1.82, 2.24) is 4.57 Å². The van der Waals surface area contributed by atoms with E-state index in [1.807, 2.05) is 22.7 Å². The van der Waals surface area contributed by atoms with Crippen LogP contribution in [0.3, 0.4) is 0 Å². The molecule has 15 aromatic rings. The highest BCUT2D eigenvalue weighted by Crippen LogP contribution is 2.46. The fourth-order valence-corrected chi connectivity index (χ4v) is 14.0. The molecule has 15 rings (SSSR count). The van der Waals surface area contributed by atoms with Crippen molar-refractivity contribution in [2.45, 2.75) is 0 Å². The second kappa shape index (κ2) is 18.8. The number of hydrogen-bond acceptors (Lipinski definition) is 2. The summed E-state index contributed by atoms with van der Waals surface area (Å²) in [6.45, 7) is 0. The number of benzene rings is 12. The zero-order valence-electron chi connectivity index (χ0n) is 41.9. The van der Waals surface area contributed by atoms with E-state index in [1.54, 1.807) is 0 Å². The van der Waals surface area contributed by atoms with Crippen LogP contribution in [0.2, 0.25) is 0 Å². The van der Waals surface area contributed by atoms with Crippen molar-refractivity contribution in [3.05, 3.63) is 285 Å². The van der Waals surface area contributed by atoms with Crippen LogP contribution in [0.4, 0.5) is 0 Å². The lowest BCUT2D eigenvalue weighted by Gasteiger charge is -2.14. The first-order valence-electron chi connectivity index (χ1n) is 26.3. The Morgan fingerprint density at radius 2 is 0.584 bits per heavy atom. The Labute approximate surface area is 455 Å². The first-order chi connectivity index (χ1) is 38.1. The van der Waals surface area contributed by atoms with Crippen LogP contribution in [0.25, 0.3) is 146 Å². The monoisotopic (exact) mass is 1010 g/mol. The molecule has 3 aromatic heterocycles. The Balaban J connectivity index is 0.886. The van der Waals surface area contributed by atoms with Gasteiger partial charge < -0.3 is 4.57 Å². The zero-order valence-corrected chi connectivity index (χ0v) is 43.5. The van der Waals surface area contributed by atoms with Gasteiger partial charge in [-0.3, -0.25) is 0 Å². The number of aromatic nitrogens is 1. The number of fused-ring (bicyclic) bond motifs is 7. The summed E-state index contributed by atoms with van der Waals surface area (Å²) in [4.78, 5) is 0. The third-order valence-electron chi connectivity index (χ3n) is 15.5. The molecule has 0 atom stereocenters. The van der Waals surface area contributed by atoms with E-state index in [0.29, 0.717) is 0 Å². The predicted molar refractivity (Wildman–Crippen MR) is 333 cm³/mol. The highest BCUT2D eigenvalue weighted by Gasteiger charge is 2.19. The molecule has 0 radical (unpaired) electrons. The largest absolute Gasteiger partial charge is 0.316 e. The van der Waals surface area contributed by atoms with Gasteiger partial charge in [-0.15, -0.1) is 22.7 Å². The molecule has 0 unspecified atom stereocenters. The fraction of sp³-hybridized carbons (Fsp3) is 0. The molecule has 0 fully saturated rings. The van der Waals surface area contributed by atoms with E-state index in [1.165, 1.54) is 135 Å². The summed E-state index contributed by atoms with van der Waals surface area (Å²) in [7, 11) is 0. The highest BCUT2D eigenvalue weighted by molar-refractivity contribution is 7.26. The molecule has 3 heterocycles. The molecule has 1 nitrogen and oxygen atoms in total. The van der Waals surface area contributed by atoms with Gasteiger partial charge in [0.2, 0.25) is 0 Å². The van der Waals surface area contributed by atoms with Crippen LogP contribution >= 0.6 is 22.7 Å². The van der Waals surface area contributed by atoms with Gasteiger partial charge in [0, 0.05) is 63.2 Å². The SMILES string of the molecule is c1ccc(-c2ccc(-c3ccc(-c4ccc5c(c4)c(-c4ccc(-c6ccc(-c7ccccc7)cc6)cc4)cn5-c4cc(-c5cccc6c5sc5ccccc56)cc(-c5cccc6c5sc5ccccc56)c4)cc3)cc2)cc1. The quantitative estimate of drug-likeness (QED) is 0.136. The normalized spacial score (nSPS) is 11.6. The second-order valence-electron chi connectivity index (χ2n) is 20.0. The molecule has 0 bridgehead atoms. The van der Waals surface area contributed by atoms with E-state index in [-0.39, 0.29) is 0 Å². The predicted octanol–water partition coefficient (Wildman–Crippen LogP) is 21.7. The Morgan fingerprint density at radius 1 is 0.221 bits per heavy atom. The minimum atomic E-state index is 1.12. The Bertz CT molecular complexity index is 4540. The van der Waals surface area contributed by atoms with Crippen molar-refractivity contribution in [1.29, 1.82) is 0 Å². The van der Waals surface area contributed by atoms with Crippen molar-refractivity contribution in [3.63, 3.8) is 0 Å². The molecule has 0 saturated heterocycles. The lowest BCUT2D eigenvalue weighted by Crippen LogP contribution is -1.95. The molecule has 360 valence electrons. The number of nitrogens with zero attached hydrogens (tertiary/aromatic N) is 1. The summed E-state index contributed by atoms with van der Waals surface area (Å²) < 4.78 is 7.67. The third kappa shape index (κ3) is 8.07. The Hall–Kier alpha value is -9.38. The van der Waals surface area contributed by atoms with Gasteiger partial charge in [-0.1, -0.05) is 237 Å². The van der Waals surface area contributed by atoms with Crippen LogP contribution < -0.4 is 0 Å². The van der Waals surface area contributed by atoms with Gasteiger partial charge in [0.1, 0.15) is 0 Å². The van der Waals surface area contributed by atoms with E-state index in [4.69, 9.17) is 0 Å². The van der Waals surface area contributed by atoms with E-state index >= 15 is 0 Å². The summed E-state index contributed by atoms with van der Waals surface area (Å²) in [5.74, 6) is 0. The van der Waals surface area contributed by atoms with Crippen molar-refractivity contribution >= 4 is 73.9 Å². The summed E-state index contributed by atoms with van der Waals surface area (Å²) in [5, 5.41) is 6.41. The molecule has 0 aliphatic heterocycles. The standard InChI is InChI=1S/C74H47NS2/c1-3-13-48(14-4-1)50-25-29-52(30-26-50)54-33-35-56(36-34-54)58-41-42-70-68(46-58)69(57-39-37-55(38-40-57)53-31-27-51(28-32-53)49-15-5-2-6-16-49)47-75(70)61-44-59(62-19-11-21-66-64-17-7-9-23-71(64)76-73(62)66)43-60(45-61)63-20-12-22-67-65-18-8-10-24-72(65)77-74(63)67/h1-47H. The molecular formula is C74H47NS2. The maximum Gasteiger partial charge on any atom is 0.0535 e. The summed E-state index contributed by atoms with van der Waals surface area (Å²) in [6.07, 6.45) is 2.38. The molecule has 0 spiro atoms. The van der Waals surface area contributed by atoms with Crippen LogP contribution in [0.1, 0.15) is 0 Å². The van der Waals surface area contributed by atoms with Crippen LogP contribution in [0.15, 0.2) is 285 Å². The molecule has 77 heavy (non-hydrogen) atoms. The maximum atomic E-state index is 2.44. The van der Waals surface area contributed by atoms with E-state index in [9.17, 15) is 0 Å². The number of hydrogen-bond donors (Lipinski definition) is 0. The van der Waals surface area contributed by atoms with Crippen LogP contribution in [0.5, 0.6) is 0 Å². The molecule has 12 aromatic carbocycles. The van der Waals surface area contributed by atoms with Crippen molar-refractivity contribution in [3.8, 4) is 94.7 Å². The second-order valence-corrected chi connectivity index (χ2v) is 22.1. The number of thiophene rings is 2. The smallest absolute Gasteiger partial charge is 0.0535 e. The van der Waals surface area contributed by atoms with Crippen molar-refractivity contribution in [2.75, 3.05) is 0 Å². The molecule has 0 saturated carbocycles.